The van der Waals surface area contributed by atoms with Gasteiger partial charge in [0.2, 0.25) is 5.79 Å². The Hall–Kier alpha value is 0.570. The molecule has 5 N–H and O–H groups in total. The molecule has 0 saturated heterocycles. The summed E-state index contributed by atoms with van der Waals surface area (Å²) >= 11 is 0. The molecular weight excluding hydrogens is 352 g/mol. The molecule has 0 saturated carbocycles. The van der Waals surface area contributed by atoms with Gasteiger partial charge in [-0.15, -0.1) is 0 Å². The molecule has 6 nitrogen and oxygen atoms in total. The summed E-state index contributed by atoms with van der Waals surface area (Å²) in [6.45, 7) is 2.22. The van der Waals surface area contributed by atoms with Gasteiger partial charge in [-0.1, -0.05) is 84.0 Å². The van der Waals surface area contributed by atoms with Gasteiger partial charge in [0, 0.05) is 6.42 Å². The van der Waals surface area contributed by atoms with E-state index in [0.717, 1.165) is 19.3 Å². The Balaban J connectivity index is 0. The zero-order valence-electron chi connectivity index (χ0n) is 15.0. The van der Waals surface area contributed by atoms with E-state index in [1.54, 1.807) is 0 Å². The predicted molar refractivity (Wildman–Crippen MR) is 101 cm³/mol. The van der Waals surface area contributed by atoms with Crippen LogP contribution >= 0.6 is 0 Å². The molecule has 0 rings (SSSR count). The van der Waals surface area contributed by atoms with Crippen molar-refractivity contribution in [3.63, 3.8) is 0 Å². The van der Waals surface area contributed by atoms with Gasteiger partial charge >= 0.3 is 49.5 Å². The first-order valence-corrected chi connectivity index (χ1v) is 9.38. The molecule has 0 radical (unpaired) electrons. The second-order valence-corrected chi connectivity index (χ2v) is 6.79. The molecular formula is C18H38CaO6. The van der Waals surface area contributed by atoms with Crippen molar-refractivity contribution < 1.29 is 30.3 Å². The number of carboxylic acid groups (broad SMARTS) is 1. The van der Waals surface area contributed by atoms with Crippen LogP contribution in [-0.2, 0) is 4.79 Å². The topological polar surface area (TPSA) is 118 Å². The second-order valence-electron chi connectivity index (χ2n) is 6.79. The number of carbonyl (C=O) groups is 1. The van der Waals surface area contributed by atoms with E-state index >= 15 is 0 Å². The summed E-state index contributed by atoms with van der Waals surface area (Å²) < 4.78 is 0. The van der Waals surface area contributed by atoms with E-state index in [1.165, 1.54) is 51.4 Å². The van der Waals surface area contributed by atoms with Crippen LogP contribution in [0.1, 0.15) is 96.8 Å². The van der Waals surface area contributed by atoms with E-state index in [-0.39, 0.29) is 44.2 Å². The van der Waals surface area contributed by atoms with E-state index in [1.807, 2.05) is 0 Å². The minimum atomic E-state index is -3.54. The van der Waals surface area contributed by atoms with Crippen molar-refractivity contribution in [1.29, 1.82) is 0 Å². The Morgan fingerprint density at radius 3 is 1.32 bits per heavy atom. The predicted octanol–water partition coefficient (Wildman–Crippen LogP) is 2.00. The molecule has 0 aliphatic heterocycles. The summed E-state index contributed by atoms with van der Waals surface area (Å²) in [4.78, 5) is 10.6. The van der Waals surface area contributed by atoms with Gasteiger partial charge in [0.1, 0.15) is 0 Å². The van der Waals surface area contributed by atoms with Gasteiger partial charge in [0.25, 0.3) is 0 Å². The molecule has 0 aromatic heterocycles. The second kappa shape index (κ2) is 15.6. The Morgan fingerprint density at radius 1 is 0.680 bits per heavy atom. The van der Waals surface area contributed by atoms with E-state index in [4.69, 9.17) is 15.3 Å². The standard InChI is InChI=1S/C18H36O6.Ca.2H/c1-2-3-4-5-6-7-8-9-10-11-12-13-14-15-17(21,22)18(23,24)16(19)20;;;/h21-24H,2-15H2,1H3,(H,19,20);;;. The summed E-state index contributed by atoms with van der Waals surface area (Å²) in [6.07, 6.45) is 14.2. The molecule has 0 aliphatic rings. The van der Waals surface area contributed by atoms with Crippen molar-refractivity contribution in [2.45, 2.75) is 108 Å². The zero-order chi connectivity index (χ0) is 18.5. The number of hydrogen-bond donors (Lipinski definition) is 5. The SMILES string of the molecule is CCCCCCCCCCCCCCCC(O)(O)C(O)(O)C(=O)O.[CaH2]. The van der Waals surface area contributed by atoms with Crippen molar-refractivity contribution in [3.05, 3.63) is 0 Å². The first kappa shape index (κ1) is 27.8. The van der Waals surface area contributed by atoms with Crippen LogP contribution in [0, 0.1) is 0 Å². The maximum atomic E-state index is 10.6. The van der Waals surface area contributed by atoms with Crippen molar-refractivity contribution >= 4 is 43.7 Å². The third-order valence-electron chi connectivity index (χ3n) is 4.49. The molecule has 25 heavy (non-hydrogen) atoms. The Kier molecular flexibility index (Phi) is 17.3. The molecule has 0 heterocycles. The third kappa shape index (κ3) is 12.6. The van der Waals surface area contributed by atoms with Gasteiger partial charge in [-0.05, 0) is 6.42 Å². The van der Waals surface area contributed by atoms with Crippen LogP contribution < -0.4 is 0 Å². The van der Waals surface area contributed by atoms with Crippen LogP contribution in [0.15, 0.2) is 0 Å². The van der Waals surface area contributed by atoms with E-state index in [9.17, 15) is 15.0 Å². The van der Waals surface area contributed by atoms with Gasteiger partial charge in [0.05, 0.1) is 0 Å². The molecule has 0 fully saturated rings. The molecule has 0 amide bonds. The number of carboxylic acids is 1. The van der Waals surface area contributed by atoms with Crippen LogP contribution in [0.4, 0.5) is 0 Å². The molecule has 7 heteroatoms. The van der Waals surface area contributed by atoms with Crippen molar-refractivity contribution in [3.8, 4) is 0 Å². The molecule has 0 aliphatic carbocycles. The number of aliphatic carboxylic acids is 1. The van der Waals surface area contributed by atoms with Crippen molar-refractivity contribution in [2.75, 3.05) is 0 Å². The summed E-state index contributed by atoms with van der Waals surface area (Å²) in [7, 11) is 0. The van der Waals surface area contributed by atoms with Crippen LogP contribution in [0.3, 0.4) is 0 Å². The average molecular weight is 391 g/mol. The number of rotatable bonds is 16. The van der Waals surface area contributed by atoms with Gasteiger partial charge in [0.15, 0.2) is 0 Å². The molecule has 0 atom stereocenters. The van der Waals surface area contributed by atoms with E-state index in [0.29, 0.717) is 12.8 Å². The minimum absolute atomic E-state index is 0. The number of aliphatic hydroxyl groups is 4. The maximum absolute atomic E-state index is 10.6. The fraction of sp³-hybridized carbons (Fsp3) is 0.944. The molecule has 0 unspecified atom stereocenters. The van der Waals surface area contributed by atoms with E-state index in [2.05, 4.69) is 6.92 Å². The van der Waals surface area contributed by atoms with Gasteiger partial charge < -0.3 is 25.5 Å². The fourth-order valence-electron chi connectivity index (χ4n) is 2.73. The summed E-state index contributed by atoms with van der Waals surface area (Å²) in [5.74, 6) is -8.64. The third-order valence-corrected chi connectivity index (χ3v) is 4.49. The monoisotopic (exact) mass is 390 g/mol. The molecule has 0 aromatic carbocycles. The molecule has 0 spiro atoms. The first-order chi connectivity index (χ1) is 11.3. The van der Waals surface area contributed by atoms with E-state index < -0.39 is 17.5 Å². The van der Waals surface area contributed by atoms with Crippen molar-refractivity contribution in [1.82, 2.24) is 0 Å². The normalized spacial score (nSPS) is 12.0. The quantitative estimate of drug-likeness (QED) is 0.156. The summed E-state index contributed by atoms with van der Waals surface area (Å²) in [6, 6.07) is 0. The summed E-state index contributed by atoms with van der Waals surface area (Å²) in [5, 5.41) is 45.8. The summed E-state index contributed by atoms with van der Waals surface area (Å²) in [5.41, 5.74) is 0. The van der Waals surface area contributed by atoms with Crippen LogP contribution in [0.2, 0.25) is 0 Å². The Labute approximate surface area is 181 Å². The van der Waals surface area contributed by atoms with Crippen molar-refractivity contribution in [2.24, 2.45) is 0 Å². The molecule has 148 valence electrons. The number of unbranched alkanes of at least 4 members (excludes halogenated alkanes) is 12. The molecule has 0 aromatic rings. The van der Waals surface area contributed by atoms with Crippen LogP contribution in [0.5, 0.6) is 0 Å². The molecule has 0 bridgehead atoms. The first-order valence-electron chi connectivity index (χ1n) is 9.38. The van der Waals surface area contributed by atoms with Gasteiger partial charge in [-0.3, -0.25) is 0 Å². The number of hydrogen-bond acceptors (Lipinski definition) is 5. The zero-order valence-corrected chi connectivity index (χ0v) is 15.0. The Morgan fingerprint density at radius 2 is 1.00 bits per heavy atom. The van der Waals surface area contributed by atoms with Crippen LogP contribution in [-0.4, -0.2) is 80.8 Å². The fourth-order valence-corrected chi connectivity index (χ4v) is 2.73. The average Bonchev–Trinajstić information content (AvgIpc) is 2.51. The van der Waals surface area contributed by atoms with Crippen LogP contribution in [0.25, 0.3) is 0 Å². The van der Waals surface area contributed by atoms with Gasteiger partial charge in [-0.25, -0.2) is 4.79 Å². The van der Waals surface area contributed by atoms with Gasteiger partial charge in [-0.2, -0.15) is 0 Å². The Bertz CT molecular complexity index is 334.